The van der Waals surface area contributed by atoms with Crippen molar-refractivity contribution in [2.24, 2.45) is 0 Å². The number of rotatable bonds is 2. The molecule has 0 amide bonds. The molecule has 1 aliphatic heterocycles. The lowest BCUT2D eigenvalue weighted by molar-refractivity contribution is 1.14. The van der Waals surface area contributed by atoms with Gasteiger partial charge in [0.25, 0.3) is 0 Å². The Labute approximate surface area is 115 Å². The third-order valence-electron chi connectivity index (χ3n) is 3.27. The van der Waals surface area contributed by atoms with Crippen LogP contribution in [-0.2, 0) is 0 Å². The molecule has 0 nitrogen and oxygen atoms in total. The van der Waals surface area contributed by atoms with Crippen molar-refractivity contribution in [1.82, 2.24) is 0 Å². The van der Waals surface area contributed by atoms with E-state index in [1.54, 1.807) is 5.30 Å². The molecule has 0 aromatic heterocycles. The summed E-state index contributed by atoms with van der Waals surface area (Å²) < 4.78 is 0. The van der Waals surface area contributed by atoms with Gasteiger partial charge in [-0.25, -0.2) is 0 Å². The van der Waals surface area contributed by atoms with Gasteiger partial charge >= 0.3 is 0 Å². The van der Waals surface area contributed by atoms with Crippen LogP contribution in [0, 0.1) is 0 Å². The standard InChI is InChI=1S/C16H17PS/c1-13-12-17(15-10-6-3-7-11-15)16(18-13)14-8-4-2-5-9-14/h2-11,13,16H,12H2,1H3/t13-,16+,17-/m0/s1. The summed E-state index contributed by atoms with van der Waals surface area (Å²) in [4.78, 5) is 0.679. The summed E-state index contributed by atoms with van der Waals surface area (Å²) >= 11 is 2.15. The molecule has 92 valence electrons. The van der Waals surface area contributed by atoms with Crippen LogP contribution in [0.1, 0.15) is 17.5 Å². The van der Waals surface area contributed by atoms with Gasteiger partial charge in [0.1, 0.15) is 0 Å². The van der Waals surface area contributed by atoms with Gasteiger partial charge in [0.15, 0.2) is 0 Å². The molecule has 2 aromatic carbocycles. The minimum atomic E-state index is -0.0563. The fraction of sp³-hybridized carbons (Fsp3) is 0.250. The van der Waals surface area contributed by atoms with E-state index in [1.165, 1.54) is 11.7 Å². The predicted molar refractivity (Wildman–Crippen MR) is 84.1 cm³/mol. The van der Waals surface area contributed by atoms with E-state index in [0.29, 0.717) is 4.99 Å². The highest BCUT2D eigenvalue weighted by Gasteiger charge is 2.34. The Balaban J connectivity index is 1.93. The molecule has 3 rings (SSSR count). The quantitative estimate of drug-likeness (QED) is 0.718. The van der Waals surface area contributed by atoms with Crippen LogP contribution >= 0.6 is 19.7 Å². The van der Waals surface area contributed by atoms with Crippen LogP contribution in [0.3, 0.4) is 0 Å². The third-order valence-corrected chi connectivity index (χ3v) is 8.57. The summed E-state index contributed by atoms with van der Waals surface area (Å²) in [5.74, 6) is 0. The average Bonchev–Trinajstić information content (AvgIpc) is 2.83. The molecule has 1 heterocycles. The number of hydrogen-bond acceptors (Lipinski definition) is 1. The minimum Gasteiger partial charge on any atom is -0.145 e. The molecule has 0 unspecified atom stereocenters. The van der Waals surface area contributed by atoms with Crippen molar-refractivity contribution in [2.75, 3.05) is 6.16 Å². The zero-order chi connectivity index (χ0) is 12.4. The summed E-state index contributed by atoms with van der Waals surface area (Å²) in [6.45, 7) is 2.37. The molecule has 1 saturated heterocycles. The average molecular weight is 272 g/mol. The van der Waals surface area contributed by atoms with E-state index in [-0.39, 0.29) is 7.92 Å². The SMILES string of the molecule is C[C@H]1C[P@@](c2ccccc2)[C@@H](c2ccccc2)S1. The first-order chi connectivity index (χ1) is 8.84. The van der Waals surface area contributed by atoms with E-state index < -0.39 is 0 Å². The minimum absolute atomic E-state index is 0.0563. The van der Waals surface area contributed by atoms with Crippen molar-refractivity contribution in [1.29, 1.82) is 0 Å². The Kier molecular flexibility index (Phi) is 3.72. The second kappa shape index (κ2) is 5.47. The van der Waals surface area contributed by atoms with Gasteiger partial charge in [-0.1, -0.05) is 75.5 Å². The normalized spacial score (nSPS) is 27.3. The Morgan fingerprint density at radius 2 is 1.56 bits per heavy atom. The largest absolute Gasteiger partial charge is 0.145 e. The molecule has 2 aromatic rings. The first-order valence-electron chi connectivity index (χ1n) is 6.37. The van der Waals surface area contributed by atoms with Crippen molar-refractivity contribution in [3.05, 3.63) is 66.2 Å². The van der Waals surface area contributed by atoms with E-state index in [9.17, 15) is 0 Å². The maximum absolute atomic E-state index is 2.37. The molecule has 1 aliphatic rings. The molecule has 0 radical (unpaired) electrons. The van der Waals surface area contributed by atoms with Crippen LogP contribution in [0.4, 0.5) is 0 Å². The highest BCUT2D eigenvalue weighted by Crippen LogP contribution is 2.64. The van der Waals surface area contributed by atoms with Gasteiger partial charge in [-0.05, 0) is 17.0 Å². The highest BCUT2D eigenvalue weighted by atomic mass is 32.2. The molecule has 0 saturated carbocycles. The molecule has 0 spiro atoms. The summed E-state index contributed by atoms with van der Waals surface area (Å²) in [5, 5.41) is 2.33. The van der Waals surface area contributed by atoms with Crippen LogP contribution in [0.2, 0.25) is 0 Å². The smallest absolute Gasteiger partial charge is 0.0539 e. The highest BCUT2D eigenvalue weighted by molar-refractivity contribution is 8.08. The Bertz CT molecular complexity index is 450. The van der Waals surface area contributed by atoms with Crippen LogP contribution < -0.4 is 5.30 Å². The Hall–Kier alpha value is -0.780. The van der Waals surface area contributed by atoms with Gasteiger partial charge in [-0.15, -0.1) is 11.8 Å². The molecule has 1 fully saturated rings. The molecule has 18 heavy (non-hydrogen) atoms. The van der Waals surface area contributed by atoms with E-state index in [1.807, 2.05) is 0 Å². The van der Waals surface area contributed by atoms with Crippen LogP contribution in [0.25, 0.3) is 0 Å². The van der Waals surface area contributed by atoms with Crippen molar-refractivity contribution in [2.45, 2.75) is 17.2 Å². The predicted octanol–water partition coefficient (Wildman–Crippen LogP) is 4.63. The Morgan fingerprint density at radius 1 is 0.944 bits per heavy atom. The molecule has 3 atom stereocenters. The van der Waals surface area contributed by atoms with Crippen molar-refractivity contribution >= 4 is 25.0 Å². The van der Waals surface area contributed by atoms with E-state index in [4.69, 9.17) is 0 Å². The fourth-order valence-electron chi connectivity index (χ4n) is 2.45. The van der Waals surface area contributed by atoms with Crippen molar-refractivity contribution in [3.8, 4) is 0 Å². The number of thioether (sulfide) groups is 1. The lowest BCUT2D eigenvalue weighted by Crippen LogP contribution is -2.04. The summed E-state index contributed by atoms with van der Waals surface area (Å²) in [7, 11) is -0.0563. The van der Waals surface area contributed by atoms with Gasteiger partial charge in [0.2, 0.25) is 0 Å². The molecule has 0 N–H and O–H groups in total. The van der Waals surface area contributed by atoms with Gasteiger partial charge in [-0.2, -0.15) is 0 Å². The maximum Gasteiger partial charge on any atom is 0.0539 e. The number of hydrogen-bond donors (Lipinski definition) is 0. The monoisotopic (exact) mass is 272 g/mol. The first-order valence-corrected chi connectivity index (χ1v) is 8.90. The van der Waals surface area contributed by atoms with E-state index >= 15 is 0 Å². The van der Waals surface area contributed by atoms with Crippen LogP contribution in [0.5, 0.6) is 0 Å². The van der Waals surface area contributed by atoms with Crippen molar-refractivity contribution in [3.63, 3.8) is 0 Å². The third kappa shape index (κ3) is 2.48. The van der Waals surface area contributed by atoms with Crippen LogP contribution in [-0.4, -0.2) is 11.4 Å². The zero-order valence-corrected chi connectivity index (χ0v) is 12.2. The van der Waals surface area contributed by atoms with E-state index in [2.05, 4.69) is 79.3 Å². The van der Waals surface area contributed by atoms with Crippen molar-refractivity contribution < 1.29 is 0 Å². The lowest BCUT2D eigenvalue weighted by atomic mass is 10.2. The van der Waals surface area contributed by atoms with Gasteiger partial charge in [0, 0.05) is 5.25 Å². The number of benzene rings is 2. The van der Waals surface area contributed by atoms with Gasteiger partial charge in [0.05, 0.1) is 4.99 Å². The summed E-state index contributed by atoms with van der Waals surface area (Å²) in [6.07, 6.45) is 1.35. The lowest BCUT2D eigenvalue weighted by Gasteiger charge is -2.20. The molecule has 2 heteroatoms. The van der Waals surface area contributed by atoms with E-state index in [0.717, 1.165) is 5.25 Å². The molecule has 0 aliphatic carbocycles. The zero-order valence-electron chi connectivity index (χ0n) is 10.5. The second-order valence-electron chi connectivity index (χ2n) is 4.70. The summed E-state index contributed by atoms with van der Waals surface area (Å²) in [6, 6.07) is 22.1. The molecular formula is C16H17PS. The molecular weight excluding hydrogens is 255 g/mol. The van der Waals surface area contributed by atoms with Crippen LogP contribution in [0.15, 0.2) is 60.7 Å². The second-order valence-corrected chi connectivity index (χ2v) is 8.93. The molecule has 0 bridgehead atoms. The summed E-state index contributed by atoms with van der Waals surface area (Å²) in [5.41, 5.74) is 1.50. The topological polar surface area (TPSA) is 0 Å². The van der Waals surface area contributed by atoms with Gasteiger partial charge < -0.3 is 0 Å². The van der Waals surface area contributed by atoms with Gasteiger partial charge in [-0.3, -0.25) is 0 Å². The Morgan fingerprint density at radius 3 is 2.22 bits per heavy atom. The fourth-order valence-corrected chi connectivity index (χ4v) is 8.17. The first kappa shape index (κ1) is 12.3. The maximum atomic E-state index is 2.37.